The van der Waals surface area contributed by atoms with Gasteiger partial charge in [-0.2, -0.15) is 0 Å². The van der Waals surface area contributed by atoms with Gasteiger partial charge < -0.3 is 15.0 Å². The average molecular weight is 252 g/mol. The topological polar surface area (TPSA) is 41.6 Å². The Kier molecular flexibility index (Phi) is 3.73. The van der Waals surface area contributed by atoms with E-state index < -0.39 is 0 Å². The van der Waals surface area contributed by atoms with Gasteiger partial charge in [0.1, 0.15) is 0 Å². The van der Waals surface area contributed by atoms with Gasteiger partial charge in [0.2, 0.25) is 0 Å². The van der Waals surface area contributed by atoms with Crippen molar-refractivity contribution in [2.45, 2.75) is 57.0 Å². The van der Waals surface area contributed by atoms with E-state index in [1.807, 2.05) is 0 Å². The summed E-state index contributed by atoms with van der Waals surface area (Å²) >= 11 is 0. The van der Waals surface area contributed by atoms with Crippen LogP contribution in [0.5, 0.6) is 0 Å². The second-order valence-electron chi connectivity index (χ2n) is 5.96. The second-order valence-corrected chi connectivity index (χ2v) is 5.96. The van der Waals surface area contributed by atoms with Crippen molar-refractivity contribution >= 4 is 6.03 Å². The summed E-state index contributed by atoms with van der Waals surface area (Å²) in [5.41, 5.74) is 0. The summed E-state index contributed by atoms with van der Waals surface area (Å²) in [6.45, 7) is 2.42. The Morgan fingerprint density at radius 3 is 2.78 bits per heavy atom. The molecule has 3 atom stereocenters. The number of rotatable bonds is 1. The van der Waals surface area contributed by atoms with Crippen LogP contribution in [0.25, 0.3) is 0 Å². The standard InChI is InChI=1S/C14H24N2O2/c17-14(15-12-7-9-18-10-12)16-8-3-5-11-4-1-2-6-13(11)16/h11-13H,1-10H2,(H,15,17)/t11-,12?,13-/m1/s1. The normalized spacial score (nSPS) is 36.2. The summed E-state index contributed by atoms with van der Waals surface area (Å²) in [5.74, 6) is 0.762. The molecule has 0 aromatic carbocycles. The van der Waals surface area contributed by atoms with Crippen molar-refractivity contribution in [2.24, 2.45) is 5.92 Å². The zero-order valence-electron chi connectivity index (χ0n) is 11.1. The quantitative estimate of drug-likeness (QED) is 0.777. The van der Waals surface area contributed by atoms with E-state index in [0.717, 1.165) is 25.5 Å². The lowest BCUT2D eigenvalue weighted by atomic mass is 9.78. The molecule has 2 amide bonds. The molecule has 0 aromatic heterocycles. The first-order chi connectivity index (χ1) is 8.84. The molecule has 1 unspecified atom stereocenters. The number of urea groups is 1. The molecule has 0 spiro atoms. The van der Waals surface area contributed by atoms with Crippen LogP contribution >= 0.6 is 0 Å². The highest BCUT2D eigenvalue weighted by Crippen LogP contribution is 2.35. The molecule has 2 aliphatic heterocycles. The zero-order valence-corrected chi connectivity index (χ0v) is 11.1. The molecule has 0 aromatic rings. The lowest BCUT2D eigenvalue weighted by molar-refractivity contribution is 0.0821. The van der Waals surface area contributed by atoms with Crippen molar-refractivity contribution in [2.75, 3.05) is 19.8 Å². The summed E-state index contributed by atoms with van der Waals surface area (Å²) in [5, 5.41) is 3.14. The molecular formula is C14H24N2O2. The van der Waals surface area contributed by atoms with Crippen LogP contribution in [-0.2, 0) is 4.74 Å². The van der Waals surface area contributed by atoms with Crippen molar-refractivity contribution in [1.29, 1.82) is 0 Å². The maximum Gasteiger partial charge on any atom is 0.317 e. The van der Waals surface area contributed by atoms with E-state index in [1.165, 1.54) is 38.5 Å². The van der Waals surface area contributed by atoms with Crippen molar-refractivity contribution < 1.29 is 9.53 Å². The second kappa shape index (κ2) is 5.47. The van der Waals surface area contributed by atoms with Crippen molar-refractivity contribution in [3.63, 3.8) is 0 Å². The number of fused-ring (bicyclic) bond motifs is 1. The number of piperidine rings is 1. The minimum absolute atomic E-state index is 0.155. The number of ether oxygens (including phenoxy) is 1. The summed E-state index contributed by atoms with van der Waals surface area (Å²) in [4.78, 5) is 14.5. The van der Waals surface area contributed by atoms with Crippen molar-refractivity contribution in [3.05, 3.63) is 0 Å². The molecule has 4 heteroatoms. The molecule has 0 radical (unpaired) electrons. The maximum atomic E-state index is 12.4. The predicted octanol–water partition coefficient (Wildman–Crippen LogP) is 2.14. The minimum atomic E-state index is 0.155. The Labute approximate surface area is 109 Å². The fourth-order valence-corrected chi connectivity index (χ4v) is 3.78. The van der Waals surface area contributed by atoms with E-state index in [9.17, 15) is 4.79 Å². The summed E-state index contributed by atoms with van der Waals surface area (Å²) in [6, 6.07) is 0.901. The van der Waals surface area contributed by atoms with Gasteiger partial charge in [-0.3, -0.25) is 0 Å². The predicted molar refractivity (Wildman–Crippen MR) is 69.4 cm³/mol. The first kappa shape index (κ1) is 12.3. The van der Waals surface area contributed by atoms with Gasteiger partial charge in [-0.1, -0.05) is 12.8 Å². The van der Waals surface area contributed by atoms with E-state index in [-0.39, 0.29) is 12.1 Å². The molecular weight excluding hydrogens is 228 g/mol. The smallest absolute Gasteiger partial charge is 0.317 e. The third-order valence-corrected chi connectivity index (χ3v) is 4.76. The Morgan fingerprint density at radius 1 is 1.11 bits per heavy atom. The molecule has 2 saturated heterocycles. The van der Waals surface area contributed by atoms with Gasteiger partial charge >= 0.3 is 6.03 Å². The fourth-order valence-electron chi connectivity index (χ4n) is 3.78. The SMILES string of the molecule is O=C(NC1CCOC1)N1CCC[C@H]2CCCC[C@H]21. The molecule has 3 aliphatic rings. The van der Waals surface area contributed by atoms with Gasteiger partial charge in [0.15, 0.2) is 0 Å². The molecule has 18 heavy (non-hydrogen) atoms. The average Bonchev–Trinajstić information content (AvgIpc) is 2.91. The van der Waals surface area contributed by atoms with Crippen LogP contribution in [0.2, 0.25) is 0 Å². The summed E-state index contributed by atoms with van der Waals surface area (Å²) in [6.07, 6.45) is 8.63. The molecule has 102 valence electrons. The Bertz CT molecular complexity index is 300. The van der Waals surface area contributed by atoms with Crippen LogP contribution in [0.4, 0.5) is 4.79 Å². The number of amides is 2. The molecule has 0 bridgehead atoms. The zero-order chi connectivity index (χ0) is 12.4. The lowest BCUT2D eigenvalue weighted by Gasteiger charge is -2.44. The summed E-state index contributed by atoms with van der Waals surface area (Å²) in [7, 11) is 0. The third kappa shape index (κ3) is 2.48. The Hall–Kier alpha value is -0.770. The first-order valence-corrected chi connectivity index (χ1v) is 7.49. The number of likely N-dealkylation sites (tertiary alicyclic amines) is 1. The van der Waals surface area contributed by atoms with E-state index in [2.05, 4.69) is 10.2 Å². The van der Waals surface area contributed by atoms with E-state index >= 15 is 0 Å². The van der Waals surface area contributed by atoms with Gasteiger partial charge in [-0.15, -0.1) is 0 Å². The van der Waals surface area contributed by atoms with Gasteiger partial charge in [-0.25, -0.2) is 4.79 Å². The molecule has 3 fully saturated rings. The lowest BCUT2D eigenvalue weighted by Crippen LogP contribution is -2.54. The number of nitrogens with one attached hydrogen (secondary N) is 1. The van der Waals surface area contributed by atoms with E-state index in [1.54, 1.807) is 0 Å². The van der Waals surface area contributed by atoms with Gasteiger partial charge in [0.05, 0.1) is 12.6 Å². The number of hydrogen-bond acceptors (Lipinski definition) is 2. The molecule has 1 N–H and O–H groups in total. The molecule has 1 saturated carbocycles. The molecule has 3 rings (SSSR count). The van der Waals surface area contributed by atoms with Crippen LogP contribution in [0, 0.1) is 5.92 Å². The van der Waals surface area contributed by atoms with Gasteiger partial charge in [0.25, 0.3) is 0 Å². The Balaban J connectivity index is 1.60. The largest absolute Gasteiger partial charge is 0.379 e. The van der Waals surface area contributed by atoms with Crippen LogP contribution < -0.4 is 5.32 Å². The van der Waals surface area contributed by atoms with E-state index in [0.29, 0.717) is 12.6 Å². The minimum Gasteiger partial charge on any atom is -0.379 e. The number of carbonyl (C=O) groups excluding carboxylic acids is 1. The van der Waals surface area contributed by atoms with Crippen LogP contribution in [0.1, 0.15) is 44.9 Å². The Morgan fingerprint density at radius 2 is 1.94 bits per heavy atom. The highest BCUT2D eigenvalue weighted by atomic mass is 16.5. The molecule has 2 heterocycles. The van der Waals surface area contributed by atoms with Crippen LogP contribution in [0.3, 0.4) is 0 Å². The highest BCUT2D eigenvalue weighted by Gasteiger charge is 2.36. The number of carbonyl (C=O) groups is 1. The van der Waals surface area contributed by atoms with Crippen LogP contribution in [-0.4, -0.2) is 42.8 Å². The van der Waals surface area contributed by atoms with Crippen molar-refractivity contribution in [1.82, 2.24) is 10.2 Å². The van der Waals surface area contributed by atoms with E-state index in [4.69, 9.17) is 4.74 Å². The number of hydrogen-bond donors (Lipinski definition) is 1. The summed E-state index contributed by atoms with van der Waals surface area (Å²) < 4.78 is 5.32. The number of nitrogens with zero attached hydrogens (tertiary/aromatic N) is 1. The monoisotopic (exact) mass is 252 g/mol. The third-order valence-electron chi connectivity index (χ3n) is 4.76. The fraction of sp³-hybridized carbons (Fsp3) is 0.929. The van der Waals surface area contributed by atoms with Gasteiger partial charge in [0, 0.05) is 19.2 Å². The maximum absolute atomic E-state index is 12.4. The molecule has 1 aliphatic carbocycles. The van der Waals surface area contributed by atoms with Crippen LogP contribution in [0.15, 0.2) is 0 Å². The molecule has 4 nitrogen and oxygen atoms in total. The van der Waals surface area contributed by atoms with Gasteiger partial charge in [-0.05, 0) is 38.0 Å². The van der Waals surface area contributed by atoms with Crippen molar-refractivity contribution in [3.8, 4) is 0 Å². The first-order valence-electron chi connectivity index (χ1n) is 7.49. The highest BCUT2D eigenvalue weighted by molar-refractivity contribution is 5.75.